The quantitative estimate of drug-likeness (QED) is 0.195. The molecule has 0 atom stereocenters. The summed E-state index contributed by atoms with van der Waals surface area (Å²) in [4.78, 5) is 17.9. The number of aromatic amines is 1. The number of benzene rings is 3. The van der Waals surface area contributed by atoms with Crippen molar-refractivity contribution >= 4 is 44.8 Å². The van der Waals surface area contributed by atoms with Gasteiger partial charge in [-0.25, -0.2) is 10.4 Å². The molecule has 32 heavy (non-hydrogen) atoms. The second kappa shape index (κ2) is 9.48. The van der Waals surface area contributed by atoms with Gasteiger partial charge in [-0.05, 0) is 63.5 Å². The van der Waals surface area contributed by atoms with Crippen molar-refractivity contribution in [2.75, 3.05) is 12.5 Å². The first kappa shape index (κ1) is 21.3. The molecule has 2 N–H and O–H groups in total. The predicted molar refractivity (Wildman–Crippen MR) is 125 cm³/mol. The van der Waals surface area contributed by atoms with Crippen LogP contribution in [0.4, 0.5) is 11.6 Å². The fraction of sp³-hybridized carbons (Fsp3) is 0.0909. The van der Waals surface area contributed by atoms with Crippen LogP contribution in [0, 0.1) is 10.1 Å². The van der Waals surface area contributed by atoms with E-state index in [2.05, 4.69) is 36.4 Å². The van der Waals surface area contributed by atoms with E-state index in [0.29, 0.717) is 21.9 Å². The number of non-ortho nitro benzene ring substituents is 1. The van der Waals surface area contributed by atoms with Crippen molar-refractivity contribution in [3.05, 3.63) is 86.4 Å². The summed E-state index contributed by atoms with van der Waals surface area (Å²) in [5.74, 6) is 1.58. The van der Waals surface area contributed by atoms with E-state index in [1.54, 1.807) is 31.5 Å². The van der Waals surface area contributed by atoms with Crippen LogP contribution in [0.5, 0.6) is 11.5 Å². The number of nitrogens with one attached hydrogen (secondary N) is 2. The number of nitro benzene ring substituents is 1. The maximum absolute atomic E-state index is 10.8. The number of hydrogen-bond acceptors (Lipinski definition) is 7. The summed E-state index contributed by atoms with van der Waals surface area (Å²) in [5.41, 5.74) is 6.26. The summed E-state index contributed by atoms with van der Waals surface area (Å²) in [7, 11) is 1.55. The molecule has 4 aromatic rings. The molecule has 0 radical (unpaired) electrons. The fourth-order valence-corrected chi connectivity index (χ4v) is 3.57. The number of para-hydroxylation sites is 2. The lowest BCUT2D eigenvalue weighted by Crippen LogP contribution is -2.00. The van der Waals surface area contributed by atoms with E-state index in [4.69, 9.17) is 9.47 Å². The third-order valence-corrected chi connectivity index (χ3v) is 5.14. The monoisotopic (exact) mass is 495 g/mol. The summed E-state index contributed by atoms with van der Waals surface area (Å²) in [6, 6.07) is 17.5. The van der Waals surface area contributed by atoms with Gasteiger partial charge < -0.3 is 14.5 Å². The standard InChI is InChI=1S/C22H18BrN5O4/c1-31-20-11-15(12-24-27-22-25-18-4-2-3-5-19(18)26-22)10-17(23)21(20)32-13-14-6-8-16(9-7-14)28(29)30/h2-12H,13H2,1H3,(H2,25,26,27). The van der Waals surface area contributed by atoms with Crippen molar-refractivity contribution in [1.29, 1.82) is 0 Å². The zero-order valence-electron chi connectivity index (χ0n) is 16.9. The Balaban J connectivity index is 1.45. The van der Waals surface area contributed by atoms with E-state index in [1.807, 2.05) is 30.3 Å². The number of nitrogens with zero attached hydrogens (tertiary/aromatic N) is 3. The molecule has 1 heterocycles. The molecule has 9 nitrogen and oxygen atoms in total. The van der Waals surface area contributed by atoms with Crippen LogP contribution in [0.2, 0.25) is 0 Å². The Morgan fingerprint density at radius 1 is 1.22 bits per heavy atom. The molecule has 162 valence electrons. The zero-order chi connectivity index (χ0) is 22.5. The van der Waals surface area contributed by atoms with Crippen LogP contribution in [0.3, 0.4) is 0 Å². The second-order valence-electron chi connectivity index (χ2n) is 6.72. The Morgan fingerprint density at radius 2 is 2.00 bits per heavy atom. The van der Waals surface area contributed by atoms with Crippen molar-refractivity contribution < 1.29 is 14.4 Å². The highest BCUT2D eigenvalue weighted by Gasteiger charge is 2.12. The lowest BCUT2D eigenvalue weighted by molar-refractivity contribution is -0.384. The first-order valence-corrected chi connectivity index (χ1v) is 10.3. The van der Waals surface area contributed by atoms with E-state index < -0.39 is 4.92 Å². The summed E-state index contributed by atoms with van der Waals surface area (Å²) in [6.45, 7) is 0.230. The molecule has 0 aliphatic rings. The van der Waals surface area contributed by atoms with Gasteiger partial charge in [-0.2, -0.15) is 5.10 Å². The van der Waals surface area contributed by atoms with Gasteiger partial charge in [0.15, 0.2) is 11.5 Å². The second-order valence-corrected chi connectivity index (χ2v) is 7.57. The van der Waals surface area contributed by atoms with E-state index in [-0.39, 0.29) is 12.3 Å². The molecule has 3 aromatic carbocycles. The summed E-state index contributed by atoms with van der Waals surface area (Å²) in [5, 5.41) is 15.0. The Bertz CT molecular complexity index is 1250. The molecule has 0 aliphatic heterocycles. The van der Waals surface area contributed by atoms with Gasteiger partial charge in [-0.15, -0.1) is 0 Å². The molecule has 0 aliphatic carbocycles. The van der Waals surface area contributed by atoms with Gasteiger partial charge in [0, 0.05) is 12.1 Å². The Morgan fingerprint density at radius 3 is 2.72 bits per heavy atom. The minimum absolute atomic E-state index is 0.0346. The number of rotatable bonds is 8. The molecule has 0 unspecified atom stereocenters. The third-order valence-electron chi connectivity index (χ3n) is 4.56. The Kier molecular flexibility index (Phi) is 6.31. The van der Waals surface area contributed by atoms with E-state index >= 15 is 0 Å². The number of hydrazone groups is 1. The SMILES string of the molecule is COc1cc(C=NNc2nc3ccccc3[nH]2)cc(Br)c1OCc1ccc([N+](=O)[O-])cc1. The van der Waals surface area contributed by atoms with Crippen LogP contribution in [-0.2, 0) is 6.61 Å². The smallest absolute Gasteiger partial charge is 0.269 e. The molecule has 10 heteroatoms. The number of imidazole rings is 1. The van der Waals surface area contributed by atoms with Crippen LogP contribution in [0.1, 0.15) is 11.1 Å². The topological polar surface area (TPSA) is 115 Å². The maximum Gasteiger partial charge on any atom is 0.269 e. The highest BCUT2D eigenvalue weighted by molar-refractivity contribution is 9.10. The number of aromatic nitrogens is 2. The van der Waals surface area contributed by atoms with E-state index in [0.717, 1.165) is 22.2 Å². The van der Waals surface area contributed by atoms with E-state index in [9.17, 15) is 10.1 Å². The first-order valence-electron chi connectivity index (χ1n) is 9.51. The largest absolute Gasteiger partial charge is 0.493 e. The van der Waals surface area contributed by atoms with Crippen LogP contribution >= 0.6 is 15.9 Å². The Labute approximate surface area is 191 Å². The summed E-state index contributed by atoms with van der Waals surface area (Å²) >= 11 is 3.51. The van der Waals surface area contributed by atoms with Gasteiger partial charge in [-0.3, -0.25) is 10.1 Å². The highest BCUT2D eigenvalue weighted by Crippen LogP contribution is 2.37. The highest BCUT2D eigenvalue weighted by atomic mass is 79.9. The predicted octanol–water partition coefficient (Wildman–Crippen LogP) is 5.27. The number of fused-ring (bicyclic) bond motifs is 1. The number of H-pyrrole nitrogens is 1. The van der Waals surface area contributed by atoms with Crippen molar-refractivity contribution in [3.8, 4) is 11.5 Å². The number of hydrogen-bond donors (Lipinski definition) is 2. The van der Waals surface area contributed by atoms with Gasteiger partial charge in [-0.1, -0.05) is 12.1 Å². The number of nitro groups is 1. The normalized spacial score (nSPS) is 11.1. The summed E-state index contributed by atoms with van der Waals surface area (Å²) in [6.07, 6.45) is 1.64. The molecule has 4 rings (SSSR count). The van der Waals surface area contributed by atoms with Crippen LogP contribution in [-0.4, -0.2) is 28.2 Å². The molecule has 0 fully saturated rings. The molecule has 0 bridgehead atoms. The van der Waals surface area contributed by atoms with Crippen molar-refractivity contribution in [2.24, 2.45) is 5.10 Å². The van der Waals surface area contributed by atoms with Crippen molar-refractivity contribution in [1.82, 2.24) is 9.97 Å². The molecular formula is C22H18BrN5O4. The molecular weight excluding hydrogens is 478 g/mol. The lowest BCUT2D eigenvalue weighted by atomic mass is 10.2. The lowest BCUT2D eigenvalue weighted by Gasteiger charge is -2.13. The van der Waals surface area contributed by atoms with Gasteiger partial charge in [0.2, 0.25) is 5.95 Å². The number of methoxy groups -OCH3 is 1. The van der Waals surface area contributed by atoms with Gasteiger partial charge in [0.05, 0.1) is 33.8 Å². The minimum Gasteiger partial charge on any atom is -0.493 e. The van der Waals surface area contributed by atoms with Crippen LogP contribution in [0.25, 0.3) is 11.0 Å². The Hall–Kier alpha value is -3.92. The zero-order valence-corrected chi connectivity index (χ0v) is 18.5. The number of anilines is 1. The average Bonchev–Trinajstić information content (AvgIpc) is 3.21. The molecule has 0 spiro atoms. The molecule has 0 amide bonds. The van der Waals surface area contributed by atoms with Crippen molar-refractivity contribution in [3.63, 3.8) is 0 Å². The number of ether oxygens (including phenoxy) is 2. The van der Waals surface area contributed by atoms with E-state index in [1.165, 1.54) is 12.1 Å². The van der Waals surface area contributed by atoms with Crippen molar-refractivity contribution in [2.45, 2.75) is 6.61 Å². The molecule has 0 saturated heterocycles. The summed E-state index contributed by atoms with van der Waals surface area (Å²) < 4.78 is 12.0. The fourth-order valence-electron chi connectivity index (χ4n) is 3.00. The first-order chi connectivity index (χ1) is 15.5. The average molecular weight is 496 g/mol. The van der Waals surface area contributed by atoms with Gasteiger partial charge in [0.25, 0.3) is 5.69 Å². The van der Waals surface area contributed by atoms with Gasteiger partial charge in [0.1, 0.15) is 6.61 Å². The van der Waals surface area contributed by atoms with Gasteiger partial charge >= 0.3 is 0 Å². The van der Waals surface area contributed by atoms with Crippen LogP contribution in [0.15, 0.2) is 70.2 Å². The number of halogens is 1. The molecule has 0 saturated carbocycles. The maximum atomic E-state index is 10.8. The third kappa shape index (κ3) is 4.86. The van der Waals surface area contributed by atoms with Crippen LogP contribution < -0.4 is 14.9 Å². The molecule has 1 aromatic heterocycles. The minimum atomic E-state index is -0.437.